The summed E-state index contributed by atoms with van der Waals surface area (Å²) in [4.78, 5) is 37.8. The lowest BCUT2D eigenvalue weighted by Gasteiger charge is -2.31. The molecule has 3 rings (SSSR count). The molecule has 0 aromatic heterocycles. The van der Waals surface area contributed by atoms with Crippen LogP contribution in [0.1, 0.15) is 32.3 Å². The van der Waals surface area contributed by atoms with Crippen LogP contribution in [0.25, 0.3) is 0 Å². The van der Waals surface area contributed by atoms with Crippen LogP contribution < -0.4 is 10.2 Å². The standard InChI is InChI=1S/C15H15IN2O3/c1-15(2)9-4-3-8(16)7-11(9)18(14(15)21)10-5-6-12(19)17-13(10)20/h3-4,7,10H,5-6H2,1-2H3,(H,17,19,20). The molecule has 2 aliphatic heterocycles. The number of imide groups is 1. The third-order valence-corrected chi connectivity index (χ3v) is 4.84. The van der Waals surface area contributed by atoms with Crippen molar-refractivity contribution in [2.24, 2.45) is 0 Å². The summed E-state index contributed by atoms with van der Waals surface area (Å²) in [5.41, 5.74) is 1.06. The Kier molecular flexibility index (Phi) is 3.31. The van der Waals surface area contributed by atoms with E-state index in [4.69, 9.17) is 0 Å². The Morgan fingerprint density at radius 2 is 2.00 bits per heavy atom. The SMILES string of the molecule is CC1(C)C(=O)N(C2CCC(=O)NC2=O)c2cc(I)ccc21. The molecule has 1 aromatic carbocycles. The fraction of sp³-hybridized carbons (Fsp3) is 0.400. The van der Waals surface area contributed by atoms with Crippen LogP contribution in [-0.2, 0) is 19.8 Å². The van der Waals surface area contributed by atoms with E-state index >= 15 is 0 Å². The van der Waals surface area contributed by atoms with Crippen LogP contribution in [-0.4, -0.2) is 23.8 Å². The first-order valence-corrected chi connectivity index (χ1v) is 7.87. The summed E-state index contributed by atoms with van der Waals surface area (Å²) in [5, 5.41) is 2.33. The van der Waals surface area contributed by atoms with E-state index < -0.39 is 11.5 Å². The van der Waals surface area contributed by atoms with Crippen molar-refractivity contribution in [1.82, 2.24) is 5.32 Å². The Bertz CT molecular complexity index is 669. The highest BCUT2D eigenvalue weighted by Crippen LogP contribution is 2.43. The van der Waals surface area contributed by atoms with E-state index in [9.17, 15) is 14.4 Å². The minimum atomic E-state index is -0.651. The maximum atomic E-state index is 12.8. The number of carbonyl (C=O) groups is 3. The van der Waals surface area contributed by atoms with E-state index in [1.807, 2.05) is 32.0 Å². The summed E-state index contributed by atoms with van der Waals surface area (Å²) in [7, 11) is 0. The second-order valence-corrected chi connectivity index (χ2v) is 7.17. The molecule has 1 saturated heterocycles. The number of benzene rings is 1. The van der Waals surface area contributed by atoms with Gasteiger partial charge >= 0.3 is 0 Å². The van der Waals surface area contributed by atoms with E-state index in [-0.39, 0.29) is 24.1 Å². The lowest BCUT2D eigenvalue weighted by atomic mass is 9.86. The van der Waals surface area contributed by atoms with Crippen LogP contribution in [0.15, 0.2) is 18.2 Å². The zero-order chi connectivity index (χ0) is 15.4. The number of amides is 3. The van der Waals surface area contributed by atoms with E-state index in [0.717, 1.165) is 14.8 Å². The fourth-order valence-electron chi connectivity index (χ4n) is 3.00. The highest BCUT2D eigenvalue weighted by Gasteiger charge is 2.48. The van der Waals surface area contributed by atoms with E-state index in [0.29, 0.717) is 6.42 Å². The van der Waals surface area contributed by atoms with Crippen molar-refractivity contribution >= 4 is 46.0 Å². The molecule has 2 aliphatic rings. The van der Waals surface area contributed by atoms with Gasteiger partial charge in [0.15, 0.2) is 0 Å². The average molecular weight is 398 g/mol. The van der Waals surface area contributed by atoms with Gasteiger partial charge < -0.3 is 0 Å². The van der Waals surface area contributed by atoms with Crippen LogP contribution in [0, 0.1) is 3.57 Å². The maximum absolute atomic E-state index is 12.8. The second kappa shape index (κ2) is 4.79. The fourth-order valence-corrected chi connectivity index (χ4v) is 3.47. The van der Waals surface area contributed by atoms with Gasteiger partial charge in [0.25, 0.3) is 0 Å². The van der Waals surface area contributed by atoms with Crippen molar-refractivity contribution in [3.63, 3.8) is 0 Å². The highest BCUT2D eigenvalue weighted by molar-refractivity contribution is 14.1. The Morgan fingerprint density at radius 3 is 2.67 bits per heavy atom. The van der Waals surface area contributed by atoms with Crippen LogP contribution in [0.3, 0.4) is 0 Å². The van der Waals surface area contributed by atoms with Gasteiger partial charge in [-0.05, 0) is 60.6 Å². The van der Waals surface area contributed by atoms with Crippen LogP contribution in [0.5, 0.6) is 0 Å². The molecule has 1 fully saturated rings. The summed E-state index contributed by atoms with van der Waals surface area (Å²) in [6.07, 6.45) is 0.636. The molecule has 1 atom stereocenters. The molecule has 6 heteroatoms. The van der Waals surface area contributed by atoms with E-state index in [1.54, 1.807) is 4.90 Å². The molecule has 21 heavy (non-hydrogen) atoms. The third-order valence-electron chi connectivity index (χ3n) is 4.17. The predicted molar refractivity (Wildman–Crippen MR) is 85.8 cm³/mol. The Balaban J connectivity index is 2.08. The first-order chi connectivity index (χ1) is 9.82. The molecule has 2 heterocycles. The Labute approximate surface area is 136 Å². The summed E-state index contributed by atoms with van der Waals surface area (Å²) < 4.78 is 1.01. The van der Waals surface area contributed by atoms with Gasteiger partial charge in [0.2, 0.25) is 17.7 Å². The first-order valence-electron chi connectivity index (χ1n) is 6.80. The molecule has 1 N–H and O–H groups in total. The average Bonchev–Trinajstić information content (AvgIpc) is 2.58. The molecule has 0 spiro atoms. The lowest BCUT2D eigenvalue weighted by molar-refractivity contribution is -0.136. The van der Waals surface area contributed by atoms with E-state index in [2.05, 4.69) is 27.9 Å². The largest absolute Gasteiger partial charge is 0.299 e. The van der Waals surface area contributed by atoms with Crippen molar-refractivity contribution < 1.29 is 14.4 Å². The third kappa shape index (κ3) is 2.16. The molecular weight excluding hydrogens is 383 g/mol. The summed E-state index contributed by atoms with van der Waals surface area (Å²) in [6.45, 7) is 3.74. The number of carbonyl (C=O) groups excluding carboxylic acids is 3. The number of piperidine rings is 1. The minimum Gasteiger partial charge on any atom is -0.299 e. The molecule has 3 amide bonds. The van der Waals surface area contributed by atoms with Crippen LogP contribution >= 0.6 is 22.6 Å². The number of halogens is 1. The van der Waals surface area contributed by atoms with Crippen molar-refractivity contribution in [3.8, 4) is 0 Å². The van der Waals surface area contributed by atoms with Crippen LogP contribution in [0.4, 0.5) is 5.69 Å². The number of hydrogen-bond donors (Lipinski definition) is 1. The number of anilines is 1. The number of nitrogens with zero attached hydrogens (tertiary/aromatic N) is 1. The molecule has 5 nitrogen and oxygen atoms in total. The van der Waals surface area contributed by atoms with Gasteiger partial charge in [0, 0.05) is 15.7 Å². The zero-order valence-corrected chi connectivity index (χ0v) is 13.9. The van der Waals surface area contributed by atoms with Gasteiger partial charge in [-0.15, -0.1) is 0 Å². The smallest absolute Gasteiger partial charge is 0.249 e. The van der Waals surface area contributed by atoms with Crippen molar-refractivity contribution in [2.75, 3.05) is 4.90 Å². The normalized spacial score (nSPS) is 24.0. The summed E-state index contributed by atoms with van der Waals surface area (Å²) in [5.74, 6) is -0.749. The van der Waals surface area contributed by atoms with Gasteiger partial charge in [-0.1, -0.05) is 6.07 Å². The summed E-state index contributed by atoms with van der Waals surface area (Å²) in [6, 6.07) is 5.23. The molecule has 0 bridgehead atoms. The first kappa shape index (κ1) is 14.5. The van der Waals surface area contributed by atoms with Gasteiger partial charge in [-0.3, -0.25) is 24.6 Å². The molecular formula is C15H15IN2O3. The topological polar surface area (TPSA) is 66.5 Å². The molecule has 110 valence electrons. The lowest BCUT2D eigenvalue weighted by Crippen LogP contribution is -2.55. The Hall–Kier alpha value is -1.44. The van der Waals surface area contributed by atoms with Crippen molar-refractivity contribution in [1.29, 1.82) is 0 Å². The van der Waals surface area contributed by atoms with Gasteiger partial charge in [-0.2, -0.15) is 0 Å². The highest BCUT2D eigenvalue weighted by atomic mass is 127. The quantitative estimate of drug-likeness (QED) is 0.579. The Morgan fingerprint density at radius 1 is 1.29 bits per heavy atom. The van der Waals surface area contributed by atoms with E-state index in [1.165, 1.54) is 0 Å². The number of hydrogen-bond acceptors (Lipinski definition) is 3. The monoisotopic (exact) mass is 398 g/mol. The minimum absolute atomic E-state index is 0.0889. The molecule has 1 unspecified atom stereocenters. The van der Waals surface area contributed by atoms with Crippen molar-refractivity contribution in [3.05, 3.63) is 27.3 Å². The summed E-state index contributed by atoms with van der Waals surface area (Å²) >= 11 is 2.19. The molecule has 0 aliphatic carbocycles. The zero-order valence-electron chi connectivity index (χ0n) is 11.8. The molecule has 1 aromatic rings. The number of nitrogens with one attached hydrogen (secondary N) is 1. The molecule has 0 radical (unpaired) electrons. The van der Waals surface area contributed by atoms with Gasteiger partial charge in [0.05, 0.1) is 5.41 Å². The van der Waals surface area contributed by atoms with Crippen molar-refractivity contribution in [2.45, 2.75) is 38.1 Å². The predicted octanol–water partition coefficient (Wildman–Crippen LogP) is 1.72. The van der Waals surface area contributed by atoms with Gasteiger partial charge in [0.1, 0.15) is 6.04 Å². The maximum Gasteiger partial charge on any atom is 0.249 e. The number of rotatable bonds is 1. The van der Waals surface area contributed by atoms with Crippen LogP contribution in [0.2, 0.25) is 0 Å². The second-order valence-electron chi connectivity index (χ2n) is 5.93. The molecule has 0 saturated carbocycles. The van der Waals surface area contributed by atoms with Gasteiger partial charge in [-0.25, -0.2) is 0 Å². The number of fused-ring (bicyclic) bond motifs is 1.